The number of aryl methyl sites for hydroxylation is 1. The molecule has 1 N–H and O–H groups in total. The fraction of sp³-hybridized carbons (Fsp3) is 0.318. The Balaban J connectivity index is 1.61. The number of aromatic nitrogens is 1. The molecular weight excluding hydrogens is 322 g/mol. The van der Waals surface area contributed by atoms with Crippen LogP contribution in [-0.4, -0.2) is 31.3 Å². The summed E-state index contributed by atoms with van der Waals surface area (Å²) in [6.45, 7) is 3.46. The van der Waals surface area contributed by atoms with Gasteiger partial charge in [0.05, 0.1) is 35.8 Å². The Morgan fingerprint density at radius 3 is 2.65 bits per heavy atom. The highest BCUT2D eigenvalue weighted by molar-refractivity contribution is 5.96. The van der Waals surface area contributed by atoms with E-state index in [4.69, 9.17) is 9.72 Å². The first-order valence-corrected chi connectivity index (χ1v) is 9.49. The van der Waals surface area contributed by atoms with E-state index < -0.39 is 0 Å². The van der Waals surface area contributed by atoms with Crippen molar-refractivity contribution in [2.75, 3.05) is 36.5 Å². The summed E-state index contributed by atoms with van der Waals surface area (Å²) in [5, 5.41) is 5.00. The number of para-hydroxylation sites is 3. The average Bonchev–Trinajstić information content (AvgIpc) is 3.17. The molecule has 3 aromatic rings. The third kappa shape index (κ3) is 2.71. The Bertz CT molecular complexity index is 947. The van der Waals surface area contributed by atoms with Crippen LogP contribution in [0.2, 0.25) is 0 Å². The number of nitrogens with zero attached hydrogens (tertiary/aromatic N) is 2. The molecule has 4 heteroatoms. The molecule has 2 aromatic carbocycles. The highest BCUT2D eigenvalue weighted by Gasteiger charge is 2.21. The van der Waals surface area contributed by atoms with E-state index >= 15 is 0 Å². The van der Waals surface area contributed by atoms with Crippen molar-refractivity contribution < 1.29 is 4.74 Å². The Labute approximate surface area is 153 Å². The fourth-order valence-electron chi connectivity index (χ4n) is 4.15. The van der Waals surface area contributed by atoms with Crippen molar-refractivity contribution in [2.45, 2.75) is 19.3 Å². The van der Waals surface area contributed by atoms with Gasteiger partial charge in [0.2, 0.25) is 0 Å². The number of hydrogen-bond acceptors (Lipinski definition) is 4. The molecule has 1 aliphatic carbocycles. The quantitative estimate of drug-likeness (QED) is 0.768. The molecule has 0 unspecified atom stereocenters. The Morgan fingerprint density at radius 1 is 0.923 bits per heavy atom. The lowest BCUT2D eigenvalue weighted by molar-refractivity contribution is 0.123. The molecule has 26 heavy (non-hydrogen) atoms. The van der Waals surface area contributed by atoms with Gasteiger partial charge in [0.25, 0.3) is 0 Å². The number of anilines is 3. The predicted octanol–water partition coefficient (Wildman–Crippen LogP) is 4.30. The van der Waals surface area contributed by atoms with Gasteiger partial charge in [-0.05, 0) is 43.0 Å². The lowest BCUT2D eigenvalue weighted by Gasteiger charge is -2.31. The van der Waals surface area contributed by atoms with Gasteiger partial charge in [-0.15, -0.1) is 0 Å². The van der Waals surface area contributed by atoms with E-state index in [0.717, 1.165) is 44.7 Å². The zero-order valence-corrected chi connectivity index (χ0v) is 14.9. The summed E-state index contributed by atoms with van der Waals surface area (Å²) in [4.78, 5) is 7.32. The van der Waals surface area contributed by atoms with Crippen LogP contribution in [0.25, 0.3) is 10.9 Å². The van der Waals surface area contributed by atoms with Gasteiger partial charge in [0, 0.05) is 24.2 Å². The normalized spacial score (nSPS) is 16.7. The van der Waals surface area contributed by atoms with Crippen LogP contribution in [0.1, 0.15) is 17.7 Å². The Kier molecular flexibility index (Phi) is 3.98. The van der Waals surface area contributed by atoms with Crippen molar-refractivity contribution in [1.82, 2.24) is 4.98 Å². The molecule has 0 radical (unpaired) electrons. The van der Waals surface area contributed by atoms with Gasteiger partial charge in [-0.1, -0.05) is 30.3 Å². The van der Waals surface area contributed by atoms with Crippen molar-refractivity contribution in [3.8, 4) is 0 Å². The van der Waals surface area contributed by atoms with Crippen LogP contribution in [0.4, 0.5) is 17.1 Å². The van der Waals surface area contributed by atoms with Crippen molar-refractivity contribution in [3.63, 3.8) is 0 Å². The number of nitrogens with one attached hydrogen (secondary N) is 1. The lowest BCUT2D eigenvalue weighted by atomic mass is 10.1. The molecule has 1 aromatic heterocycles. The molecule has 1 fully saturated rings. The molecule has 5 rings (SSSR count). The van der Waals surface area contributed by atoms with Crippen LogP contribution in [0, 0.1) is 0 Å². The summed E-state index contributed by atoms with van der Waals surface area (Å²) in [5.41, 5.74) is 7.39. The van der Waals surface area contributed by atoms with E-state index in [2.05, 4.69) is 58.7 Å². The van der Waals surface area contributed by atoms with Crippen LogP contribution >= 0.6 is 0 Å². The van der Waals surface area contributed by atoms with Gasteiger partial charge in [-0.2, -0.15) is 0 Å². The second-order valence-electron chi connectivity index (χ2n) is 7.02. The van der Waals surface area contributed by atoms with Gasteiger partial charge in [-0.3, -0.25) is 4.98 Å². The van der Waals surface area contributed by atoms with Crippen LogP contribution in [0.5, 0.6) is 0 Å². The van der Waals surface area contributed by atoms with Crippen LogP contribution in [-0.2, 0) is 17.6 Å². The zero-order valence-electron chi connectivity index (χ0n) is 14.9. The molecule has 1 aliphatic heterocycles. The molecule has 132 valence electrons. The molecule has 0 bridgehead atoms. The molecule has 1 saturated heterocycles. The van der Waals surface area contributed by atoms with Crippen LogP contribution < -0.4 is 10.2 Å². The summed E-state index contributed by atoms with van der Waals surface area (Å²) in [5.74, 6) is 0. The predicted molar refractivity (Wildman–Crippen MR) is 107 cm³/mol. The third-order valence-corrected chi connectivity index (χ3v) is 5.43. The summed E-state index contributed by atoms with van der Waals surface area (Å²) >= 11 is 0. The third-order valence-electron chi connectivity index (χ3n) is 5.43. The summed E-state index contributed by atoms with van der Waals surface area (Å²) in [6.07, 6.45) is 3.38. The maximum absolute atomic E-state index is 5.53. The van der Waals surface area contributed by atoms with Gasteiger partial charge in [0.15, 0.2) is 0 Å². The molecule has 0 saturated carbocycles. The molecule has 2 heterocycles. The van der Waals surface area contributed by atoms with Gasteiger partial charge >= 0.3 is 0 Å². The number of benzene rings is 2. The first-order chi connectivity index (χ1) is 12.9. The van der Waals surface area contributed by atoms with E-state index in [0.29, 0.717) is 0 Å². The monoisotopic (exact) mass is 345 g/mol. The van der Waals surface area contributed by atoms with E-state index in [1.807, 2.05) is 0 Å². The minimum absolute atomic E-state index is 0.794. The van der Waals surface area contributed by atoms with E-state index in [9.17, 15) is 0 Å². The minimum Gasteiger partial charge on any atom is -0.378 e. The van der Waals surface area contributed by atoms with Crippen LogP contribution in [0.15, 0.2) is 48.5 Å². The number of rotatable bonds is 3. The fourth-order valence-corrected chi connectivity index (χ4v) is 4.15. The van der Waals surface area contributed by atoms with Crippen molar-refractivity contribution in [3.05, 3.63) is 59.8 Å². The van der Waals surface area contributed by atoms with E-state index in [1.54, 1.807) is 0 Å². The summed E-state index contributed by atoms with van der Waals surface area (Å²) < 4.78 is 5.53. The maximum atomic E-state index is 5.53. The van der Waals surface area contributed by atoms with Crippen molar-refractivity contribution in [1.29, 1.82) is 0 Å². The molecule has 0 spiro atoms. The second kappa shape index (κ2) is 6.61. The SMILES string of the molecule is c1ccc(N2CCOCC2)c(Nc2c3c(nc4ccccc24)CCC3)c1. The number of hydrogen-bond donors (Lipinski definition) is 1. The van der Waals surface area contributed by atoms with Crippen molar-refractivity contribution >= 4 is 28.0 Å². The number of fused-ring (bicyclic) bond motifs is 2. The highest BCUT2D eigenvalue weighted by Crippen LogP contribution is 2.38. The largest absolute Gasteiger partial charge is 0.378 e. The topological polar surface area (TPSA) is 37.4 Å². The summed E-state index contributed by atoms with van der Waals surface area (Å²) in [6, 6.07) is 17.1. The maximum Gasteiger partial charge on any atom is 0.0726 e. The van der Waals surface area contributed by atoms with Gasteiger partial charge in [-0.25, -0.2) is 0 Å². The average molecular weight is 345 g/mol. The van der Waals surface area contributed by atoms with Crippen molar-refractivity contribution in [2.24, 2.45) is 0 Å². The van der Waals surface area contributed by atoms with Gasteiger partial charge in [0.1, 0.15) is 0 Å². The Hall–Kier alpha value is -2.59. The highest BCUT2D eigenvalue weighted by atomic mass is 16.5. The molecule has 0 amide bonds. The van der Waals surface area contributed by atoms with E-state index in [-0.39, 0.29) is 0 Å². The van der Waals surface area contributed by atoms with Gasteiger partial charge < -0.3 is 15.0 Å². The molecule has 0 atom stereocenters. The molecule has 2 aliphatic rings. The Morgan fingerprint density at radius 2 is 1.73 bits per heavy atom. The van der Waals surface area contributed by atoms with E-state index in [1.165, 1.54) is 40.1 Å². The lowest BCUT2D eigenvalue weighted by Crippen LogP contribution is -2.36. The first-order valence-electron chi connectivity index (χ1n) is 9.49. The number of ether oxygens (including phenoxy) is 1. The minimum atomic E-state index is 0.794. The standard InChI is InChI=1S/C22H23N3O/c1-2-8-18-16(6-1)22(17-7-5-10-19(17)23-18)24-20-9-3-4-11-21(20)25-12-14-26-15-13-25/h1-4,6,8-9,11H,5,7,10,12-15H2,(H,23,24). The zero-order chi connectivity index (χ0) is 17.3. The number of morpholine rings is 1. The second-order valence-corrected chi connectivity index (χ2v) is 7.02. The smallest absolute Gasteiger partial charge is 0.0726 e. The molecule has 4 nitrogen and oxygen atoms in total. The van der Waals surface area contributed by atoms with Crippen LogP contribution in [0.3, 0.4) is 0 Å². The summed E-state index contributed by atoms with van der Waals surface area (Å²) in [7, 11) is 0. The number of pyridine rings is 1. The molecular formula is C22H23N3O. The first kappa shape index (κ1) is 15.6.